The molecule has 0 aliphatic rings. The number of rotatable bonds is 6. The van der Waals surface area contributed by atoms with Gasteiger partial charge in [-0.1, -0.05) is 6.07 Å². The number of aromatic nitrogens is 3. The van der Waals surface area contributed by atoms with Gasteiger partial charge in [-0.3, -0.25) is 5.43 Å². The summed E-state index contributed by atoms with van der Waals surface area (Å²) in [4.78, 5) is 11.8. The Labute approximate surface area is 120 Å². The van der Waals surface area contributed by atoms with E-state index in [0.717, 1.165) is 0 Å². The third-order valence-electron chi connectivity index (χ3n) is 2.52. The molecule has 0 spiro atoms. The molecular formula is C12H15N5O4. The number of anilines is 1. The number of nitrogens with zero attached hydrogens (tertiary/aromatic N) is 3. The van der Waals surface area contributed by atoms with E-state index in [0.29, 0.717) is 17.1 Å². The maximum atomic E-state index is 9.11. The van der Waals surface area contributed by atoms with E-state index in [1.54, 1.807) is 18.2 Å². The first kappa shape index (κ1) is 14.8. The summed E-state index contributed by atoms with van der Waals surface area (Å²) in [7, 11) is 2.90. The molecule has 0 aliphatic heterocycles. The Kier molecular flexibility index (Phi) is 4.69. The van der Waals surface area contributed by atoms with Crippen LogP contribution in [-0.2, 0) is 6.61 Å². The van der Waals surface area contributed by atoms with Crippen molar-refractivity contribution in [2.24, 2.45) is 5.84 Å². The number of aliphatic hydroxyl groups is 1. The van der Waals surface area contributed by atoms with Gasteiger partial charge in [0.25, 0.3) is 0 Å². The van der Waals surface area contributed by atoms with E-state index < -0.39 is 0 Å². The first-order valence-corrected chi connectivity index (χ1v) is 5.92. The van der Waals surface area contributed by atoms with Crippen LogP contribution < -0.4 is 25.5 Å². The summed E-state index contributed by atoms with van der Waals surface area (Å²) in [6, 6.07) is 5.02. The number of hydrogen-bond donors (Lipinski definition) is 3. The highest BCUT2D eigenvalue weighted by molar-refractivity contribution is 5.44. The highest BCUT2D eigenvalue weighted by Crippen LogP contribution is 2.31. The van der Waals surface area contributed by atoms with Crippen molar-refractivity contribution in [1.82, 2.24) is 15.0 Å². The fraction of sp³-hybridized carbons (Fsp3) is 0.250. The van der Waals surface area contributed by atoms with E-state index in [-0.39, 0.29) is 24.6 Å². The molecule has 0 saturated carbocycles. The van der Waals surface area contributed by atoms with Gasteiger partial charge >= 0.3 is 12.0 Å². The van der Waals surface area contributed by atoms with Gasteiger partial charge in [-0.2, -0.15) is 9.97 Å². The SMILES string of the molecule is COc1nc(NN)nc(Oc2ccc(CO)cc2OC)n1. The van der Waals surface area contributed by atoms with Gasteiger partial charge in [0.15, 0.2) is 11.5 Å². The van der Waals surface area contributed by atoms with E-state index in [1.807, 2.05) is 0 Å². The monoisotopic (exact) mass is 293 g/mol. The Bertz CT molecular complexity index is 600. The minimum atomic E-state index is -0.0997. The molecule has 0 atom stereocenters. The van der Waals surface area contributed by atoms with Crippen LogP contribution in [0.1, 0.15) is 5.56 Å². The highest BCUT2D eigenvalue weighted by Gasteiger charge is 2.12. The van der Waals surface area contributed by atoms with Crippen molar-refractivity contribution in [2.75, 3.05) is 19.6 Å². The predicted molar refractivity (Wildman–Crippen MR) is 73.2 cm³/mol. The zero-order valence-corrected chi connectivity index (χ0v) is 11.5. The summed E-state index contributed by atoms with van der Waals surface area (Å²) in [6.07, 6.45) is 0. The minimum absolute atomic E-state index is 0.00940. The molecule has 0 aliphatic carbocycles. The predicted octanol–water partition coefficient (Wildman–Crippen LogP) is 0.459. The average Bonchev–Trinajstić information content (AvgIpc) is 2.54. The molecule has 2 aromatic rings. The van der Waals surface area contributed by atoms with Gasteiger partial charge in [0.1, 0.15) is 0 Å². The summed E-state index contributed by atoms with van der Waals surface area (Å²) >= 11 is 0. The van der Waals surface area contributed by atoms with Gasteiger partial charge in [0, 0.05) is 0 Å². The first-order valence-electron chi connectivity index (χ1n) is 5.92. The van der Waals surface area contributed by atoms with Crippen LogP contribution in [0.15, 0.2) is 18.2 Å². The fourth-order valence-electron chi connectivity index (χ4n) is 1.53. The lowest BCUT2D eigenvalue weighted by atomic mass is 10.2. The van der Waals surface area contributed by atoms with Gasteiger partial charge in [-0.05, 0) is 17.7 Å². The first-order chi connectivity index (χ1) is 10.2. The Morgan fingerprint density at radius 3 is 2.48 bits per heavy atom. The lowest BCUT2D eigenvalue weighted by molar-refractivity contribution is 0.280. The lowest BCUT2D eigenvalue weighted by Crippen LogP contribution is -2.12. The van der Waals surface area contributed by atoms with E-state index >= 15 is 0 Å². The van der Waals surface area contributed by atoms with Crippen LogP contribution in [0.3, 0.4) is 0 Å². The van der Waals surface area contributed by atoms with Gasteiger partial charge in [0.2, 0.25) is 5.95 Å². The largest absolute Gasteiger partial charge is 0.493 e. The Morgan fingerprint density at radius 1 is 1.10 bits per heavy atom. The van der Waals surface area contributed by atoms with Crippen molar-refractivity contribution >= 4 is 5.95 Å². The number of nitrogen functional groups attached to an aromatic ring is 1. The molecule has 0 fully saturated rings. The van der Waals surface area contributed by atoms with Crippen molar-refractivity contribution in [3.63, 3.8) is 0 Å². The summed E-state index contributed by atoms with van der Waals surface area (Å²) in [6.45, 7) is -0.0997. The molecule has 21 heavy (non-hydrogen) atoms. The maximum Gasteiger partial charge on any atom is 0.330 e. The Hall–Kier alpha value is -2.65. The van der Waals surface area contributed by atoms with E-state index in [9.17, 15) is 0 Å². The van der Waals surface area contributed by atoms with Crippen molar-refractivity contribution in [2.45, 2.75) is 6.61 Å². The number of ether oxygens (including phenoxy) is 3. The van der Waals surface area contributed by atoms with Gasteiger partial charge in [0.05, 0.1) is 20.8 Å². The topological polar surface area (TPSA) is 125 Å². The average molecular weight is 293 g/mol. The van der Waals surface area contributed by atoms with Crippen LogP contribution in [0.2, 0.25) is 0 Å². The summed E-state index contributed by atoms with van der Waals surface area (Å²) in [5.41, 5.74) is 2.98. The van der Waals surface area contributed by atoms with Crippen LogP contribution in [-0.4, -0.2) is 34.3 Å². The molecule has 0 amide bonds. The zero-order chi connectivity index (χ0) is 15.2. The molecular weight excluding hydrogens is 278 g/mol. The number of nitrogens with two attached hydrogens (primary N) is 1. The number of nitrogens with one attached hydrogen (secondary N) is 1. The maximum absolute atomic E-state index is 9.11. The van der Waals surface area contributed by atoms with E-state index in [2.05, 4.69) is 20.4 Å². The van der Waals surface area contributed by atoms with Crippen molar-refractivity contribution in [3.8, 4) is 23.5 Å². The normalized spacial score (nSPS) is 10.1. The third-order valence-corrected chi connectivity index (χ3v) is 2.52. The van der Waals surface area contributed by atoms with Gasteiger partial charge in [-0.25, -0.2) is 5.84 Å². The number of hydrazine groups is 1. The molecule has 0 bridgehead atoms. The molecule has 1 aromatic carbocycles. The number of aliphatic hydroxyl groups excluding tert-OH is 1. The van der Waals surface area contributed by atoms with Crippen LogP contribution in [0.25, 0.3) is 0 Å². The molecule has 2 rings (SSSR count). The van der Waals surface area contributed by atoms with Crippen LogP contribution in [0, 0.1) is 0 Å². The third kappa shape index (κ3) is 3.46. The number of benzene rings is 1. The minimum Gasteiger partial charge on any atom is -0.493 e. The Balaban J connectivity index is 2.33. The van der Waals surface area contributed by atoms with Crippen LogP contribution in [0.4, 0.5) is 5.95 Å². The molecule has 112 valence electrons. The van der Waals surface area contributed by atoms with Crippen molar-refractivity contribution < 1.29 is 19.3 Å². The van der Waals surface area contributed by atoms with E-state index in [4.69, 9.17) is 25.2 Å². The van der Waals surface area contributed by atoms with Crippen LogP contribution >= 0.6 is 0 Å². The summed E-state index contributed by atoms with van der Waals surface area (Å²) in [5, 5.41) is 9.11. The molecule has 1 aromatic heterocycles. The van der Waals surface area contributed by atoms with Gasteiger partial charge in [-0.15, -0.1) is 4.98 Å². The second-order valence-corrected chi connectivity index (χ2v) is 3.82. The standard InChI is InChI=1S/C12H15N5O4/c1-19-9-5-7(6-18)3-4-8(9)21-12-15-10(17-13)14-11(16-12)20-2/h3-5,18H,6,13H2,1-2H3,(H,14,15,16,17). The molecule has 0 saturated heterocycles. The van der Waals surface area contributed by atoms with Crippen molar-refractivity contribution in [3.05, 3.63) is 23.8 Å². The molecule has 0 unspecified atom stereocenters. The molecule has 0 radical (unpaired) electrons. The fourth-order valence-corrected chi connectivity index (χ4v) is 1.53. The molecule has 1 heterocycles. The zero-order valence-electron chi connectivity index (χ0n) is 11.5. The Morgan fingerprint density at radius 2 is 1.86 bits per heavy atom. The molecule has 4 N–H and O–H groups in total. The number of methoxy groups -OCH3 is 2. The smallest absolute Gasteiger partial charge is 0.330 e. The highest BCUT2D eigenvalue weighted by atomic mass is 16.5. The second-order valence-electron chi connectivity index (χ2n) is 3.82. The van der Waals surface area contributed by atoms with Gasteiger partial charge < -0.3 is 19.3 Å². The van der Waals surface area contributed by atoms with Crippen molar-refractivity contribution in [1.29, 1.82) is 0 Å². The molecule has 9 nitrogen and oxygen atoms in total. The molecule has 9 heteroatoms. The van der Waals surface area contributed by atoms with E-state index in [1.165, 1.54) is 14.2 Å². The number of hydrogen-bond acceptors (Lipinski definition) is 9. The summed E-state index contributed by atoms with van der Waals surface area (Å²) < 4.78 is 15.7. The lowest BCUT2D eigenvalue weighted by Gasteiger charge is -2.11. The second kappa shape index (κ2) is 6.68. The summed E-state index contributed by atoms with van der Waals surface area (Å²) in [5.74, 6) is 6.18. The quantitative estimate of drug-likeness (QED) is 0.514. The van der Waals surface area contributed by atoms with Crippen LogP contribution in [0.5, 0.6) is 23.5 Å².